The van der Waals surface area contributed by atoms with E-state index in [9.17, 15) is 19.8 Å². The van der Waals surface area contributed by atoms with Crippen LogP contribution in [0.3, 0.4) is 0 Å². The minimum atomic E-state index is -1.48. The normalized spacial score (nSPS) is 25.0. The second-order valence-electron chi connectivity index (χ2n) is 17.2. The molecule has 0 aromatic heterocycles. The highest BCUT2D eigenvalue weighted by Crippen LogP contribution is 2.62. The van der Waals surface area contributed by atoms with Gasteiger partial charge in [0, 0.05) is 51.1 Å². The van der Waals surface area contributed by atoms with Crippen molar-refractivity contribution in [1.82, 2.24) is 10.2 Å². The highest BCUT2D eigenvalue weighted by molar-refractivity contribution is 6.03. The first-order valence-electron chi connectivity index (χ1n) is 23.2. The third-order valence-electron chi connectivity index (χ3n) is 12.9. The van der Waals surface area contributed by atoms with Crippen LogP contribution in [0.4, 0.5) is 9.59 Å². The van der Waals surface area contributed by atoms with Crippen molar-refractivity contribution in [2.75, 3.05) is 46.7 Å². The van der Waals surface area contributed by atoms with Crippen LogP contribution in [0.25, 0.3) is 0 Å². The van der Waals surface area contributed by atoms with Gasteiger partial charge in [-0.05, 0) is 85.3 Å². The number of carbonyl (C=O) groups is 2. The van der Waals surface area contributed by atoms with Crippen LogP contribution >= 0.6 is 0 Å². The van der Waals surface area contributed by atoms with Gasteiger partial charge in [-0.3, -0.25) is 0 Å². The molecule has 2 heterocycles. The summed E-state index contributed by atoms with van der Waals surface area (Å²) in [5, 5.41) is 27.6. The van der Waals surface area contributed by atoms with Crippen molar-refractivity contribution >= 4 is 17.9 Å². The van der Waals surface area contributed by atoms with Gasteiger partial charge in [0.25, 0.3) is 0 Å². The van der Waals surface area contributed by atoms with Crippen LogP contribution in [0.15, 0.2) is 108 Å². The first kappa shape index (κ1) is 47.7. The van der Waals surface area contributed by atoms with Crippen molar-refractivity contribution in [1.29, 1.82) is 0 Å². The van der Waals surface area contributed by atoms with Gasteiger partial charge in [-0.1, -0.05) is 90.8 Å². The number of nitrogens with zero attached hydrogens (tertiary/aromatic N) is 2. The maximum atomic E-state index is 14.2. The summed E-state index contributed by atoms with van der Waals surface area (Å²) >= 11 is 0. The van der Waals surface area contributed by atoms with Crippen LogP contribution in [0, 0.1) is 17.8 Å². The molecule has 4 aliphatic rings. The first-order valence-corrected chi connectivity index (χ1v) is 23.2. The number of nitrogens with one attached hydrogen (secondary N) is 1. The molecule has 350 valence electrons. The Morgan fingerprint density at radius 3 is 2.43 bits per heavy atom. The summed E-state index contributed by atoms with van der Waals surface area (Å²) in [4.78, 5) is 35.2. The molecule has 7 rings (SSSR count). The number of hydrogen-bond acceptors (Lipinski definition) is 12. The molecule has 1 saturated heterocycles. The van der Waals surface area contributed by atoms with Crippen LogP contribution in [0.1, 0.15) is 86.8 Å². The van der Waals surface area contributed by atoms with Crippen LogP contribution in [0.5, 0.6) is 11.5 Å². The minimum Gasteiger partial charge on any atom is -0.459 e. The van der Waals surface area contributed by atoms with Crippen LogP contribution < -0.4 is 14.8 Å². The molecular formula is C51H65N3O11. The molecule has 2 fully saturated rings. The molecule has 14 heteroatoms. The number of carbonyl (C=O) groups excluding carboxylic acids is 2. The molecule has 2 amide bonds. The molecule has 0 bridgehead atoms. The molecule has 0 radical (unpaired) electrons. The Kier molecular flexibility index (Phi) is 17.5. The summed E-state index contributed by atoms with van der Waals surface area (Å²) in [5.74, 6) is -1.47. The van der Waals surface area contributed by atoms with Gasteiger partial charge >= 0.3 is 12.2 Å². The van der Waals surface area contributed by atoms with E-state index in [4.69, 9.17) is 38.4 Å². The Labute approximate surface area is 382 Å². The Morgan fingerprint density at radius 1 is 0.954 bits per heavy atom. The average Bonchev–Trinajstić information content (AvgIpc) is 3.33. The van der Waals surface area contributed by atoms with E-state index in [-0.39, 0.29) is 57.2 Å². The smallest absolute Gasteiger partial charge is 0.412 e. The number of aliphatic hydroxyl groups excluding tert-OH is 2. The van der Waals surface area contributed by atoms with Crippen molar-refractivity contribution in [2.45, 2.75) is 101 Å². The van der Waals surface area contributed by atoms with E-state index in [1.807, 2.05) is 66.7 Å². The number of fused-ring (bicyclic) bond motifs is 2. The van der Waals surface area contributed by atoms with Crippen molar-refractivity contribution in [3.8, 4) is 11.5 Å². The standard InChI is InChI=1S/C51H65N3O11/c1-3-27-62-51-45(54(2)50(58)61-30-29-59-35-37-18-8-5-9-19-37)33-43(53-65-46-22-12-15-28-60-46)41-31-38(20-10-13-25-55)40(21-11-14-26-56)47(48(41)51)42-32-39(23-24-44(42)64-51)63-49(57)52-34-36-16-6-4-7-17-36/h3-9,16-19,23-24,31-32,38,40,45-48,55-56H,1,10-15,20-22,25-30,33-35H2,2H3,(H,52,57)/t38-,40+,45-,46?,47+,48+,51+/m0/s1. The Morgan fingerprint density at radius 2 is 1.71 bits per heavy atom. The number of amides is 2. The summed E-state index contributed by atoms with van der Waals surface area (Å²) in [7, 11) is 1.69. The Balaban J connectivity index is 1.28. The number of allylic oxidation sites excluding steroid dienone is 1. The second kappa shape index (κ2) is 23.8. The van der Waals surface area contributed by atoms with Gasteiger partial charge in [0.2, 0.25) is 12.1 Å². The third kappa shape index (κ3) is 12.0. The number of hydrogen-bond donors (Lipinski definition) is 3. The molecule has 14 nitrogen and oxygen atoms in total. The van der Waals surface area contributed by atoms with E-state index in [1.165, 1.54) is 4.90 Å². The fourth-order valence-electron chi connectivity index (χ4n) is 9.80. The van der Waals surface area contributed by atoms with E-state index in [0.717, 1.165) is 60.8 Å². The maximum Gasteiger partial charge on any atom is 0.412 e. The molecule has 1 unspecified atom stereocenters. The largest absolute Gasteiger partial charge is 0.459 e. The molecular weight excluding hydrogens is 831 g/mol. The number of unbranched alkanes of at least 4 members (excludes halogenated alkanes) is 2. The highest BCUT2D eigenvalue weighted by Gasteiger charge is 2.65. The Bertz CT molecular complexity index is 2060. The lowest BCUT2D eigenvalue weighted by Crippen LogP contribution is -2.69. The molecule has 7 atom stereocenters. The van der Waals surface area contributed by atoms with E-state index in [2.05, 4.69) is 18.0 Å². The maximum absolute atomic E-state index is 14.2. The molecule has 0 spiro atoms. The SMILES string of the molecule is C=CCO[C@@]12Oc3ccc(OC(=O)NCc4ccccc4)cc3[C@H]3[C@H](CCCCO)[C@@H](CCCCO)C=C(C(=NOC4CCCCO4)C[C@@H]1N(C)C(=O)OCCOCc1ccccc1)[C@H]32. The van der Waals surface area contributed by atoms with Crippen LogP contribution in [-0.2, 0) is 36.9 Å². The van der Waals surface area contributed by atoms with E-state index >= 15 is 0 Å². The van der Waals surface area contributed by atoms with E-state index in [0.29, 0.717) is 56.2 Å². The lowest BCUT2D eigenvalue weighted by atomic mass is 9.55. The number of aliphatic hydroxyl groups is 2. The number of rotatable bonds is 22. The molecule has 3 N–H and O–H groups in total. The number of oxime groups is 1. The van der Waals surface area contributed by atoms with Gasteiger partial charge in [0.15, 0.2) is 0 Å². The zero-order valence-electron chi connectivity index (χ0n) is 37.5. The van der Waals surface area contributed by atoms with Crippen molar-refractivity contribution in [3.05, 3.63) is 120 Å². The number of ether oxygens (including phenoxy) is 6. The van der Waals surface area contributed by atoms with E-state index in [1.54, 1.807) is 25.3 Å². The Hall–Kier alpha value is -5.25. The summed E-state index contributed by atoms with van der Waals surface area (Å²) in [5.41, 5.74) is 4.30. The van der Waals surface area contributed by atoms with Crippen molar-refractivity contribution < 1.29 is 53.1 Å². The van der Waals surface area contributed by atoms with Crippen molar-refractivity contribution in [2.24, 2.45) is 22.9 Å². The minimum absolute atomic E-state index is 0.0181. The summed E-state index contributed by atoms with van der Waals surface area (Å²) in [6.07, 6.45) is 9.40. The van der Waals surface area contributed by atoms with Gasteiger partial charge in [-0.15, -0.1) is 6.58 Å². The average molecular weight is 896 g/mol. The molecule has 1 saturated carbocycles. The zero-order chi connectivity index (χ0) is 45.4. The van der Waals surface area contributed by atoms with Crippen LogP contribution in [-0.4, -0.2) is 97.8 Å². The van der Waals surface area contributed by atoms with Gasteiger partial charge in [0.05, 0.1) is 38.1 Å². The van der Waals surface area contributed by atoms with Gasteiger partial charge in [-0.25, -0.2) is 9.59 Å². The predicted octanol–water partition coefficient (Wildman–Crippen LogP) is 8.42. The molecule has 2 aliphatic heterocycles. The van der Waals surface area contributed by atoms with Gasteiger partial charge in [0.1, 0.15) is 24.1 Å². The topological polar surface area (TPSA) is 167 Å². The monoisotopic (exact) mass is 895 g/mol. The molecule has 3 aromatic carbocycles. The van der Waals surface area contributed by atoms with E-state index < -0.39 is 36.2 Å². The summed E-state index contributed by atoms with van der Waals surface area (Å²) in [6.45, 7) is 5.73. The second-order valence-corrected chi connectivity index (χ2v) is 17.2. The highest BCUT2D eigenvalue weighted by atomic mass is 16.8. The lowest BCUT2D eigenvalue weighted by Gasteiger charge is -2.59. The van der Waals surface area contributed by atoms with Gasteiger partial charge < -0.3 is 53.7 Å². The number of likely N-dealkylation sites (N-methyl/N-ethyl adjacent to an activating group) is 1. The van der Waals surface area contributed by atoms with Crippen LogP contribution in [0.2, 0.25) is 0 Å². The summed E-state index contributed by atoms with van der Waals surface area (Å²) < 4.78 is 37.8. The predicted molar refractivity (Wildman–Crippen MR) is 244 cm³/mol. The van der Waals surface area contributed by atoms with Gasteiger partial charge in [-0.2, -0.15) is 0 Å². The quantitative estimate of drug-likeness (QED) is 0.0504. The fraction of sp³-hybridized carbons (Fsp3) is 0.510. The first-order chi connectivity index (χ1) is 31.8. The molecule has 2 aliphatic carbocycles. The molecule has 65 heavy (non-hydrogen) atoms. The van der Waals surface area contributed by atoms with Crippen molar-refractivity contribution in [3.63, 3.8) is 0 Å². The fourth-order valence-corrected chi connectivity index (χ4v) is 9.80. The molecule has 3 aromatic rings. The lowest BCUT2D eigenvalue weighted by molar-refractivity contribution is -0.254. The number of benzene rings is 3. The third-order valence-corrected chi connectivity index (χ3v) is 12.9. The zero-order valence-corrected chi connectivity index (χ0v) is 37.5. The summed E-state index contributed by atoms with van der Waals surface area (Å²) in [6, 6.07) is 24.0.